The second-order valence-electron chi connectivity index (χ2n) is 7.36. The van der Waals surface area contributed by atoms with Crippen molar-refractivity contribution in [1.82, 2.24) is 9.97 Å². The van der Waals surface area contributed by atoms with Gasteiger partial charge in [0.15, 0.2) is 29.6 Å². The van der Waals surface area contributed by atoms with Gasteiger partial charge in [0.25, 0.3) is 0 Å². The number of aromatic nitrogens is 2. The van der Waals surface area contributed by atoms with Gasteiger partial charge in [-0.1, -0.05) is 23.2 Å². The number of hydrogen-bond acceptors (Lipinski definition) is 7. The Morgan fingerprint density at radius 1 is 1.09 bits per heavy atom. The molecule has 0 aliphatic carbocycles. The zero-order valence-corrected chi connectivity index (χ0v) is 18.2. The molecule has 0 amide bonds. The Labute approximate surface area is 191 Å². The van der Waals surface area contributed by atoms with Gasteiger partial charge in [0.2, 0.25) is 0 Å². The first-order chi connectivity index (χ1) is 15.5. The summed E-state index contributed by atoms with van der Waals surface area (Å²) in [6, 6.07) is 6.28. The third kappa shape index (κ3) is 3.69. The molecule has 2 aromatic carbocycles. The summed E-state index contributed by atoms with van der Waals surface area (Å²) in [6.45, 7) is 0.182. The van der Waals surface area contributed by atoms with E-state index in [1.54, 1.807) is 12.1 Å². The molecule has 2 saturated heterocycles. The molecule has 2 aliphatic rings. The standard InChI is InChI=1S/C21H17Cl2F2N3O4/c1-29-14-4-9-13(5-15(14)32-16-7-31-19-11(24)6-30-20(16)19)26-8-27-21(9)28-12-3-2-10(22)17(23)18(12)25/h2-5,8,11,16,19-20H,6-7H2,1H3,(H,26,27,28)/t11-,16?,19+,20+/m1/s1. The van der Waals surface area contributed by atoms with Crippen molar-refractivity contribution in [2.24, 2.45) is 0 Å². The summed E-state index contributed by atoms with van der Waals surface area (Å²) in [5.41, 5.74) is 0.622. The first-order valence-corrected chi connectivity index (χ1v) is 10.5. The van der Waals surface area contributed by atoms with Crippen LogP contribution < -0.4 is 14.8 Å². The highest BCUT2D eigenvalue weighted by Gasteiger charge is 2.49. The summed E-state index contributed by atoms with van der Waals surface area (Å²) in [6.07, 6.45) is -1.46. The molecule has 11 heteroatoms. The molecule has 0 spiro atoms. The molecule has 5 rings (SSSR count). The Bertz CT molecular complexity index is 1190. The van der Waals surface area contributed by atoms with Crippen LogP contribution in [0.25, 0.3) is 10.9 Å². The fourth-order valence-electron chi connectivity index (χ4n) is 3.85. The molecule has 0 bridgehead atoms. The number of hydrogen-bond donors (Lipinski definition) is 1. The predicted molar refractivity (Wildman–Crippen MR) is 115 cm³/mol. The molecular formula is C21H17Cl2F2N3O4. The minimum absolute atomic E-state index is 0.0163. The van der Waals surface area contributed by atoms with Gasteiger partial charge >= 0.3 is 0 Å². The molecular weight excluding hydrogens is 467 g/mol. The number of nitrogens with one attached hydrogen (secondary N) is 1. The Morgan fingerprint density at radius 2 is 1.91 bits per heavy atom. The Balaban J connectivity index is 1.47. The summed E-state index contributed by atoms with van der Waals surface area (Å²) in [5, 5.41) is 3.39. The Kier molecular flexibility index (Phi) is 5.66. The van der Waals surface area contributed by atoms with Gasteiger partial charge in [-0.05, 0) is 18.2 Å². The maximum Gasteiger partial charge on any atom is 0.166 e. The van der Waals surface area contributed by atoms with Crippen LogP contribution in [0.1, 0.15) is 0 Å². The van der Waals surface area contributed by atoms with Crippen LogP contribution in [0.5, 0.6) is 11.5 Å². The van der Waals surface area contributed by atoms with Crippen LogP contribution in [0.15, 0.2) is 30.6 Å². The van der Waals surface area contributed by atoms with Gasteiger partial charge in [-0.2, -0.15) is 0 Å². The van der Waals surface area contributed by atoms with E-state index in [0.717, 1.165) is 0 Å². The van der Waals surface area contributed by atoms with Gasteiger partial charge < -0.3 is 24.3 Å². The number of rotatable bonds is 5. The van der Waals surface area contributed by atoms with Gasteiger partial charge in [0, 0.05) is 11.5 Å². The van der Waals surface area contributed by atoms with Gasteiger partial charge in [0.05, 0.1) is 41.6 Å². The van der Waals surface area contributed by atoms with Gasteiger partial charge in [-0.15, -0.1) is 0 Å². The van der Waals surface area contributed by atoms with Crippen LogP contribution in [0, 0.1) is 5.82 Å². The van der Waals surface area contributed by atoms with Crippen molar-refractivity contribution >= 4 is 45.6 Å². The Hall–Kier alpha value is -2.46. The topological polar surface area (TPSA) is 74.7 Å². The van der Waals surface area contributed by atoms with Crippen LogP contribution in [0.2, 0.25) is 10.0 Å². The van der Waals surface area contributed by atoms with E-state index in [2.05, 4.69) is 15.3 Å². The average molecular weight is 484 g/mol. The predicted octanol–water partition coefficient (Wildman–Crippen LogP) is 4.71. The molecule has 32 heavy (non-hydrogen) atoms. The van der Waals surface area contributed by atoms with Crippen molar-refractivity contribution in [2.45, 2.75) is 24.5 Å². The lowest BCUT2D eigenvalue weighted by Gasteiger charge is -2.20. The first kappa shape index (κ1) is 21.4. The van der Waals surface area contributed by atoms with Crippen molar-refractivity contribution in [2.75, 3.05) is 25.6 Å². The van der Waals surface area contributed by atoms with E-state index in [4.69, 9.17) is 42.1 Å². The van der Waals surface area contributed by atoms with Crippen LogP contribution in [-0.4, -0.2) is 54.8 Å². The summed E-state index contributed by atoms with van der Waals surface area (Å²) < 4.78 is 50.9. The highest BCUT2D eigenvalue weighted by molar-refractivity contribution is 6.42. The summed E-state index contributed by atoms with van der Waals surface area (Å²) in [4.78, 5) is 8.49. The second-order valence-corrected chi connectivity index (χ2v) is 8.14. The van der Waals surface area contributed by atoms with Crippen LogP contribution in [-0.2, 0) is 9.47 Å². The molecule has 0 saturated carbocycles. The van der Waals surface area contributed by atoms with E-state index >= 15 is 0 Å². The molecule has 1 N–H and O–H groups in total. The Morgan fingerprint density at radius 3 is 2.72 bits per heavy atom. The van der Waals surface area contributed by atoms with Crippen LogP contribution in [0.3, 0.4) is 0 Å². The zero-order chi connectivity index (χ0) is 22.4. The van der Waals surface area contributed by atoms with E-state index < -0.39 is 30.3 Å². The van der Waals surface area contributed by atoms with Gasteiger partial charge in [-0.25, -0.2) is 18.7 Å². The van der Waals surface area contributed by atoms with Crippen molar-refractivity contribution in [3.8, 4) is 11.5 Å². The maximum absolute atomic E-state index is 14.5. The van der Waals surface area contributed by atoms with Crippen molar-refractivity contribution in [1.29, 1.82) is 0 Å². The summed E-state index contributed by atoms with van der Waals surface area (Å²) in [5.74, 6) is 0.422. The third-order valence-electron chi connectivity index (χ3n) is 5.43. The number of halogens is 4. The van der Waals surface area contributed by atoms with Crippen molar-refractivity contribution < 1.29 is 27.7 Å². The first-order valence-electron chi connectivity index (χ1n) is 9.73. The molecule has 7 nitrogen and oxygen atoms in total. The normalized spacial score (nSPS) is 24.5. The molecule has 0 radical (unpaired) electrons. The highest BCUT2D eigenvalue weighted by atomic mass is 35.5. The van der Waals surface area contributed by atoms with Gasteiger partial charge in [-0.3, -0.25) is 0 Å². The van der Waals surface area contributed by atoms with E-state index in [-0.39, 0.29) is 28.9 Å². The number of fused-ring (bicyclic) bond motifs is 2. The van der Waals surface area contributed by atoms with Crippen LogP contribution >= 0.6 is 23.2 Å². The van der Waals surface area contributed by atoms with E-state index in [1.165, 1.54) is 25.6 Å². The average Bonchev–Trinajstić information content (AvgIpc) is 3.37. The summed E-state index contributed by atoms with van der Waals surface area (Å²) in [7, 11) is 1.49. The van der Waals surface area contributed by atoms with Crippen LogP contribution in [0.4, 0.5) is 20.3 Å². The maximum atomic E-state index is 14.5. The lowest BCUT2D eigenvalue weighted by molar-refractivity contribution is 0.0271. The molecule has 3 aromatic rings. The minimum atomic E-state index is -1.17. The van der Waals surface area contributed by atoms with Crippen molar-refractivity contribution in [3.05, 3.63) is 46.5 Å². The molecule has 3 heterocycles. The summed E-state index contributed by atoms with van der Waals surface area (Å²) >= 11 is 11.8. The largest absolute Gasteiger partial charge is 0.493 e. The smallest absolute Gasteiger partial charge is 0.166 e. The number of anilines is 2. The quantitative estimate of drug-likeness (QED) is 0.526. The lowest BCUT2D eigenvalue weighted by Crippen LogP contribution is -2.33. The number of nitrogens with zero attached hydrogens (tertiary/aromatic N) is 2. The molecule has 2 fully saturated rings. The van der Waals surface area contributed by atoms with E-state index in [9.17, 15) is 8.78 Å². The third-order valence-corrected chi connectivity index (χ3v) is 6.22. The number of benzene rings is 2. The lowest BCUT2D eigenvalue weighted by atomic mass is 10.1. The highest BCUT2D eigenvalue weighted by Crippen LogP contribution is 2.39. The fourth-order valence-corrected chi connectivity index (χ4v) is 4.16. The monoisotopic (exact) mass is 483 g/mol. The van der Waals surface area contributed by atoms with Gasteiger partial charge in [0.1, 0.15) is 24.4 Å². The molecule has 168 valence electrons. The van der Waals surface area contributed by atoms with Crippen molar-refractivity contribution in [3.63, 3.8) is 0 Å². The fraction of sp³-hybridized carbons (Fsp3) is 0.333. The zero-order valence-electron chi connectivity index (χ0n) is 16.6. The SMILES string of the molecule is COc1cc2c(Nc3ccc(Cl)c(Cl)c3F)ncnc2cc1OC1CO[C@H]2[C@H](F)CO[C@@H]12. The molecule has 2 aliphatic heterocycles. The minimum Gasteiger partial charge on any atom is -0.493 e. The number of alkyl halides is 1. The molecule has 4 atom stereocenters. The number of ether oxygens (including phenoxy) is 4. The molecule has 1 unspecified atom stereocenters. The van der Waals surface area contributed by atoms with E-state index in [1.807, 2.05) is 0 Å². The second kappa shape index (κ2) is 8.47. The molecule has 1 aromatic heterocycles. The van der Waals surface area contributed by atoms with E-state index in [0.29, 0.717) is 28.2 Å². The number of methoxy groups -OCH3 is 1.